The lowest BCUT2D eigenvalue weighted by molar-refractivity contribution is -0.132. The minimum absolute atomic E-state index is 0.0874. The van der Waals surface area contributed by atoms with E-state index >= 15 is 0 Å². The first-order valence-corrected chi connectivity index (χ1v) is 6.73. The van der Waals surface area contributed by atoms with Crippen LogP contribution in [0.2, 0.25) is 0 Å². The molecule has 0 aliphatic carbocycles. The summed E-state index contributed by atoms with van der Waals surface area (Å²) in [5.74, 6) is 0.139. The monoisotopic (exact) mass is 243 g/mol. The highest BCUT2D eigenvalue weighted by Crippen LogP contribution is 2.27. The Hall–Kier alpha value is -0.570. The third-order valence-electron chi connectivity index (χ3n) is 3.66. The topological polar surface area (TPSA) is 38.3 Å². The number of amides is 1. The summed E-state index contributed by atoms with van der Waals surface area (Å²) >= 11 is 0. The number of nitrogens with one attached hydrogen (secondary N) is 1. The van der Waals surface area contributed by atoms with Crippen LogP contribution in [0.15, 0.2) is 0 Å². The van der Waals surface area contributed by atoms with E-state index in [0.29, 0.717) is 13.2 Å². The van der Waals surface area contributed by atoms with Gasteiger partial charge in [-0.1, -0.05) is 20.8 Å². The van der Waals surface area contributed by atoms with E-state index in [0.717, 1.165) is 19.3 Å². The van der Waals surface area contributed by atoms with Gasteiger partial charge >= 0.3 is 0 Å². The van der Waals surface area contributed by atoms with Crippen molar-refractivity contribution in [1.29, 1.82) is 0 Å². The van der Waals surface area contributed by atoms with Crippen molar-refractivity contribution in [3.05, 3.63) is 0 Å². The fourth-order valence-electron chi connectivity index (χ4n) is 1.48. The van der Waals surface area contributed by atoms with Crippen molar-refractivity contribution in [3.8, 4) is 0 Å². The van der Waals surface area contributed by atoms with E-state index in [1.165, 1.54) is 0 Å². The third-order valence-corrected chi connectivity index (χ3v) is 3.66. The quantitative estimate of drug-likeness (QED) is 0.711. The van der Waals surface area contributed by atoms with Crippen LogP contribution < -0.4 is 5.32 Å². The predicted octanol–water partition coefficient (Wildman–Crippen LogP) is 3.13. The van der Waals surface area contributed by atoms with Gasteiger partial charge in [0.1, 0.15) is 0 Å². The molecule has 0 saturated heterocycles. The summed E-state index contributed by atoms with van der Waals surface area (Å²) in [7, 11) is 0. The standard InChI is InChI=1S/C14H29NO2/c1-7-13(4,5)17-11-10-14(6,8-2)12(16)15-9-3/h7-11H2,1-6H3,(H,15,16). The first-order chi connectivity index (χ1) is 7.81. The molecule has 0 saturated carbocycles. The van der Waals surface area contributed by atoms with E-state index in [1.54, 1.807) is 0 Å². The van der Waals surface area contributed by atoms with Gasteiger partial charge < -0.3 is 10.1 Å². The van der Waals surface area contributed by atoms with Crippen molar-refractivity contribution >= 4 is 5.91 Å². The summed E-state index contributed by atoms with van der Waals surface area (Å²) < 4.78 is 5.82. The highest BCUT2D eigenvalue weighted by molar-refractivity contribution is 5.82. The zero-order chi connectivity index (χ0) is 13.5. The summed E-state index contributed by atoms with van der Waals surface area (Å²) in [6.07, 6.45) is 2.60. The SMILES string of the molecule is CCNC(=O)C(C)(CC)CCOC(C)(C)CC. The van der Waals surface area contributed by atoms with Gasteiger partial charge in [-0.3, -0.25) is 4.79 Å². The van der Waals surface area contributed by atoms with Crippen LogP contribution in [0, 0.1) is 5.41 Å². The van der Waals surface area contributed by atoms with Crippen LogP contribution in [0.25, 0.3) is 0 Å². The van der Waals surface area contributed by atoms with E-state index in [2.05, 4.69) is 33.0 Å². The molecule has 1 atom stereocenters. The average Bonchev–Trinajstić information content (AvgIpc) is 2.29. The summed E-state index contributed by atoms with van der Waals surface area (Å²) in [5.41, 5.74) is -0.393. The Labute approximate surface area is 106 Å². The maximum atomic E-state index is 12.0. The van der Waals surface area contributed by atoms with Gasteiger partial charge in [0, 0.05) is 18.6 Å². The van der Waals surface area contributed by atoms with Crippen LogP contribution in [0.5, 0.6) is 0 Å². The molecule has 0 bridgehead atoms. The smallest absolute Gasteiger partial charge is 0.226 e. The molecule has 3 heteroatoms. The zero-order valence-corrected chi connectivity index (χ0v) is 12.4. The first-order valence-electron chi connectivity index (χ1n) is 6.73. The van der Waals surface area contributed by atoms with Gasteiger partial charge in [0.2, 0.25) is 5.91 Å². The third kappa shape index (κ3) is 5.53. The molecule has 0 aromatic heterocycles. The number of rotatable bonds is 8. The summed E-state index contributed by atoms with van der Waals surface area (Å²) in [4.78, 5) is 12.0. The molecule has 0 heterocycles. The van der Waals surface area contributed by atoms with Gasteiger partial charge in [0.15, 0.2) is 0 Å². The molecule has 0 aliphatic rings. The second-order valence-corrected chi connectivity index (χ2v) is 5.49. The fourth-order valence-corrected chi connectivity index (χ4v) is 1.48. The number of ether oxygens (including phenoxy) is 1. The second-order valence-electron chi connectivity index (χ2n) is 5.49. The highest BCUT2D eigenvalue weighted by Gasteiger charge is 2.31. The first kappa shape index (κ1) is 16.4. The molecule has 3 nitrogen and oxygen atoms in total. The lowest BCUT2D eigenvalue weighted by atomic mass is 9.83. The largest absolute Gasteiger partial charge is 0.376 e. The Balaban J connectivity index is 4.26. The Morgan fingerprint density at radius 3 is 2.12 bits per heavy atom. The van der Waals surface area contributed by atoms with Gasteiger partial charge in [0.25, 0.3) is 0 Å². The molecule has 0 aromatic carbocycles. The lowest BCUT2D eigenvalue weighted by Gasteiger charge is -2.30. The molecule has 0 radical (unpaired) electrons. The van der Waals surface area contributed by atoms with Crippen LogP contribution in [0.4, 0.5) is 0 Å². The molecule has 17 heavy (non-hydrogen) atoms. The molecular weight excluding hydrogens is 214 g/mol. The van der Waals surface area contributed by atoms with Crippen molar-refractivity contribution in [2.75, 3.05) is 13.2 Å². The van der Waals surface area contributed by atoms with Gasteiger partial charge in [-0.15, -0.1) is 0 Å². The Bertz CT molecular complexity index is 238. The van der Waals surface area contributed by atoms with E-state index in [-0.39, 0.29) is 16.9 Å². The Morgan fingerprint density at radius 1 is 1.12 bits per heavy atom. The number of carbonyl (C=O) groups excluding carboxylic acids is 1. The molecule has 1 amide bonds. The minimum atomic E-state index is -0.306. The van der Waals surface area contributed by atoms with Crippen LogP contribution in [-0.2, 0) is 9.53 Å². The van der Waals surface area contributed by atoms with Crippen LogP contribution in [0.3, 0.4) is 0 Å². The van der Waals surface area contributed by atoms with Gasteiger partial charge in [0.05, 0.1) is 5.60 Å². The van der Waals surface area contributed by atoms with Crippen molar-refractivity contribution in [1.82, 2.24) is 5.32 Å². The highest BCUT2D eigenvalue weighted by atomic mass is 16.5. The van der Waals surface area contributed by atoms with Crippen molar-refractivity contribution in [2.45, 2.75) is 66.4 Å². The number of hydrogen-bond donors (Lipinski definition) is 1. The van der Waals surface area contributed by atoms with Crippen molar-refractivity contribution in [2.24, 2.45) is 5.41 Å². The van der Waals surface area contributed by atoms with Crippen molar-refractivity contribution < 1.29 is 9.53 Å². The van der Waals surface area contributed by atoms with E-state index in [4.69, 9.17) is 4.74 Å². The van der Waals surface area contributed by atoms with Crippen LogP contribution >= 0.6 is 0 Å². The van der Waals surface area contributed by atoms with Gasteiger partial charge in [-0.05, 0) is 40.0 Å². The fraction of sp³-hybridized carbons (Fsp3) is 0.929. The van der Waals surface area contributed by atoms with Gasteiger partial charge in [-0.25, -0.2) is 0 Å². The average molecular weight is 243 g/mol. The maximum Gasteiger partial charge on any atom is 0.226 e. The minimum Gasteiger partial charge on any atom is -0.376 e. The summed E-state index contributed by atoms with van der Waals surface area (Å²) in [6, 6.07) is 0. The van der Waals surface area contributed by atoms with Crippen LogP contribution in [-0.4, -0.2) is 24.7 Å². The molecule has 0 aliphatic heterocycles. The summed E-state index contributed by atoms with van der Waals surface area (Å²) in [5, 5.41) is 2.90. The second kappa shape index (κ2) is 7.00. The van der Waals surface area contributed by atoms with E-state index in [1.807, 2.05) is 13.8 Å². The van der Waals surface area contributed by atoms with Crippen molar-refractivity contribution in [3.63, 3.8) is 0 Å². The Morgan fingerprint density at radius 2 is 1.71 bits per heavy atom. The molecule has 102 valence electrons. The van der Waals surface area contributed by atoms with E-state index < -0.39 is 0 Å². The molecule has 0 aromatic rings. The van der Waals surface area contributed by atoms with Crippen LogP contribution in [0.1, 0.15) is 60.8 Å². The summed E-state index contributed by atoms with van der Waals surface area (Å²) in [6.45, 7) is 13.6. The molecule has 0 fully saturated rings. The zero-order valence-electron chi connectivity index (χ0n) is 12.4. The molecule has 0 rings (SSSR count). The van der Waals surface area contributed by atoms with E-state index in [9.17, 15) is 4.79 Å². The lowest BCUT2D eigenvalue weighted by Crippen LogP contribution is -2.40. The Kier molecular flexibility index (Phi) is 6.76. The molecule has 1 N–H and O–H groups in total. The molecule has 1 unspecified atom stereocenters. The predicted molar refractivity (Wildman–Crippen MR) is 72.0 cm³/mol. The normalized spacial score (nSPS) is 15.4. The number of carbonyl (C=O) groups is 1. The molecular formula is C14H29NO2. The van der Waals surface area contributed by atoms with Gasteiger partial charge in [-0.2, -0.15) is 0 Å². The maximum absolute atomic E-state index is 12.0. The molecule has 0 spiro atoms. The number of hydrogen-bond acceptors (Lipinski definition) is 2.